The van der Waals surface area contributed by atoms with Crippen LogP contribution in [-0.2, 0) is 27.9 Å². The van der Waals surface area contributed by atoms with Gasteiger partial charge in [-0.1, -0.05) is 47.5 Å². The molecule has 0 atom stereocenters. The Hall–Kier alpha value is -4.21. The first kappa shape index (κ1) is 27.4. The van der Waals surface area contributed by atoms with E-state index in [4.69, 9.17) is 25.8 Å². The molecule has 1 heterocycles. The Morgan fingerprint density at radius 2 is 1.57 bits per heavy atom. The van der Waals surface area contributed by atoms with E-state index >= 15 is 0 Å². The minimum atomic E-state index is -3.88. The molecule has 0 aromatic heterocycles. The lowest BCUT2D eigenvalue weighted by Gasteiger charge is -2.25. The zero-order valence-electron chi connectivity index (χ0n) is 21.7. The second-order valence-electron chi connectivity index (χ2n) is 9.20. The van der Waals surface area contributed by atoms with E-state index in [9.17, 15) is 13.2 Å². The van der Waals surface area contributed by atoms with Crippen molar-refractivity contribution in [2.24, 2.45) is 0 Å². The highest BCUT2D eigenvalue weighted by Crippen LogP contribution is 2.32. The van der Waals surface area contributed by atoms with Crippen molar-refractivity contribution in [3.05, 3.63) is 113 Å². The number of halogens is 1. The molecule has 0 radical (unpaired) electrons. The van der Waals surface area contributed by atoms with Gasteiger partial charge in [0, 0.05) is 11.6 Å². The second-order valence-corrected chi connectivity index (χ2v) is 11.5. The Balaban J connectivity index is 1.26. The summed E-state index contributed by atoms with van der Waals surface area (Å²) in [5.74, 6) is 1.46. The van der Waals surface area contributed by atoms with Crippen LogP contribution in [0.25, 0.3) is 0 Å². The molecule has 8 nitrogen and oxygen atoms in total. The summed E-state index contributed by atoms with van der Waals surface area (Å²) in [5, 5.41) is 3.37. The summed E-state index contributed by atoms with van der Waals surface area (Å²) in [4.78, 5) is 12.5. The molecule has 1 aliphatic rings. The van der Waals surface area contributed by atoms with Crippen LogP contribution in [0.3, 0.4) is 0 Å². The summed E-state index contributed by atoms with van der Waals surface area (Å²) < 4.78 is 45.0. The van der Waals surface area contributed by atoms with Gasteiger partial charge in [-0.3, -0.25) is 9.10 Å². The smallest absolute Gasteiger partial charge is 0.264 e. The fraction of sp³-hybridized carbons (Fsp3) is 0.167. The molecule has 0 unspecified atom stereocenters. The summed E-state index contributed by atoms with van der Waals surface area (Å²) in [6, 6.07) is 25.8. The number of nitrogens with one attached hydrogen (secondary N) is 1. The third-order valence-corrected chi connectivity index (χ3v) is 8.31. The molecule has 40 heavy (non-hydrogen) atoms. The zero-order valence-corrected chi connectivity index (χ0v) is 23.2. The number of carbonyl (C=O) groups is 1. The number of carbonyl (C=O) groups excluding carboxylic acids is 1. The van der Waals surface area contributed by atoms with Gasteiger partial charge in [0.15, 0.2) is 18.1 Å². The topological polar surface area (TPSA) is 94.2 Å². The Kier molecular flexibility index (Phi) is 8.14. The average molecular weight is 579 g/mol. The van der Waals surface area contributed by atoms with Crippen LogP contribution < -0.4 is 23.8 Å². The molecule has 1 N–H and O–H groups in total. The third-order valence-electron chi connectivity index (χ3n) is 6.27. The maximum absolute atomic E-state index is 13.7. The van der Waals surface area contributed by atoms with Crippen molar-refractivity contribution in [3.8, 4) is 17.2 Å². The molecule has 4 aromatic carbocycles. The molecule has 0 fully saturated rings. The predicted molar refractivity (Wildman–Crippen MR) is 152 cm³/mol. The molecule has 0 aliphatic carbocycles. The van der Waals surface area contributed by atoms with Crippen molar-refractivity contribution in [1.29, 1.82) is 0 Å². The number of hydrogen-bond donors (Lipinski definition) is 1. The molecule has 1 amide bonds. The van der Waals surface area contributed by atoms with E-state index in [1.165, 1.54) is 4.31 Å². The van der Waals surface area contributed by atoms with Crippen molar-refractivity contribution in [1.82, 2.24) is 5.32 Å². The monoisotopic (exact) mass is 578 g/mol. The van der Waals surface area contributed by atoms with E-state index in [-0.39, 0.29) is 30.7 Å². The minimum absolute atomic E-state index is 0.107. The van der Waals surface area contributed by atoms with E-state index in [1.54, 1.807) is 78.9 Å². The molecular weight excluding hydrogens is 552 g/mol. The van der Waals surface area contributed by atoms with E-state index in [0.29, 0.717) is 34.5 Å². The van der Waals surface area contributed by atoms with Crippen molar-refractivity contribution >= 4 is 33.2 Å². The number of anilines is 1. The van der Waals surface area contributed by atoms with Crippen LogP contribution >= 0.6 is 11.6 Å². The largest absolute Gasteiger partial charge is 0.484 e. The van der Waals surface area contributed by atoms with E-state index in [1.807, 2.05) is 19.1 Å². The molecule has 0 spiro atoms. The Morgan fingerprint density at radius 3 is 2.30 bits per heavy atom. The van der Waals surface area contributed by atoms with Gasteiger partial charge in [0.2, 0.25) is 6.79 Å². The number of sulfonamides is 1. The summed E-state index contributed by atoms with van der Waals surface area (Å²) >= 11 is 6.02. The van der Waals surface area contributed by atoms with Gasteiger partial charge in [-0.2, -0.15) is 0 Å². The number of rotatable bonds is 10. The summed E-state index contributed by atoms with van der Waals surface area (Å²) in [6.07, 6.45) is 0. The van der Waals surface area contributed by atoms with Crippen molar-refractivity contribution in [3.63, 3.8) is 0 Å². The standard InChI is InChI=1S/C30H27ClN2O6S/c1-21-2-13-27(14-3-21)40(35,36)33(18-22-4-7-24(31)8-5-22)25-9-11-26(12-10-25)37-19-30(34)32-17-23-6-15-28-29(16-23)39-20-38-28/h2-16H,17-20H2,1H3,(H,32,34). The SMILES string of the molecule is Cc1ccc(S(=O)(=O)N(Cc2ccc(Cl)cc2)c2ccc(OCC(=O)NCc3ccc4c(c3)OCO4)cc2)cc1. The highest BCUT2D eigenvalue weighted by atomic mass is 35.5. The molecule has 0 saturated heterocycles. The Labute approximate surface area is 238 Å². The normalized spacial score (nSPS) is 12.2. The molecule has 1 aliphatic heterocycles. The van der Waals surface area contributed by atoms with Gasteiger partial charge in [-0.25, -0.2) is 8.42 Å². The van der Waals surface area contributed by atoms with Crippen LogP contribution in [-0.4, -0.2) is 27.7 Å². The van der Waals surface area contributed by atoms with Crippen molar-refractivity contribution in [2.75, 3.05) is 17.7 Å². The van der Waals surface area contributed by atoms with Crippen LogP contribution in [0.5, 0.6) is 17.2 Å². The Bertz CT molecular complexity index is 1590. The first-order chi connectivity index (χ1) is 19.3. The van der Waals surface area contributed by atoms with Gasteiger partial charge in [-0.05, 0) is 78.7 Å². The fourth-order valence-electron chi connectivity index (χ4n) is 4.07. The van der Waals surface area contributed by atoms with Crippen molar-refractivity contribution in [2.45, 2.75) is 24.9 Å². The average Bonchev–Trinajstić information content (AvgIpc) is 3.43. The molecule has 0 saturated carbocycles. The molecule has 10 heteroatoms. The number of amides is 1. The lowest BCUT2D eigenvalue weighted by molar-refractivity contribution is -0.123. The second kappa shape index (κ2) is 11.9. The van der Waals surface area contributed by atoms with Gasteiger partial charge in [0.1, 0.15) is 5.75 Å². The highest BCUT2D eigenvalue weighted by molar-refractivity contribution is 7.92. The van der Waals surface area contributed by atoms with E-state index in [0.717, 1.165) is 16.7 Å². The van der Waals surface area contributed by atoms with Crippen LogP contribution in [0.2, 0.25) is 5.02 Å². The number of aryl methyl sites for hydroxylation is 1. The van der Waals surface area contributed by atoms with Gasteiger partial charge in [-0.15, -0.1) is 0 Å². The Morgan fingerprint density at radius 1 is 0.900 bits per heavy atom. The highest BCUT2D eigenvalue weighted by Gasteiger charge is 2.25. The number of fused-ring (bicyclic) bond motifs is 1. The maximum atomic E-state index is 13.7. The number of benzene rings is 4. The molecule has 206 valence electrons. The summed E-state index contributed by atoms with van der Waals surface area (Å²) in [7, 11) is -3.88. The summed E-state index contributed by atoms with van der Waals surface area (Å²) in [6.45, 7) is 2.32. The molecule has 0 bridgehead atoms. The van der Waals surface area contributed by atoms with Gasteiger partial charge >= 0.3 is 0 Å². The number of hydrogen-bond acceptors (Lipinski definition) is 6. The van der Waals surface area contributed by atoms with Gasteiger partial charge in [0.05, 0.1) is 17.1 Å². The quantitative estimate of drug-likeness (QED) is 0.268. The van der Waals surface area contributed by atoms with Gasteiger partial charge < -0.3 is 19.5 Å². The van der Waals surface area contributed by atoms with Crippen LogP contribution in [0, 0.1) is 6.92 Å². The molecule has 4 aromatic rings. The fourth-order valence-corrected chi connectivity index (χ4v) is 5.65. The lowest BCUT2D eigenvalue weighted by Crippen LogP contribution is -2.30. The van der Waals surface area contributed by atoms with Crippen LogP contribution in [0.15, 0.2) is 95.9 Å². The van der Waals surface area contributed by atoms with Crippen LogP contribution in [0.1, 0.15) is 16.7 Å². The van der Waals surface area contributed by atoms with Crippen molar-refractivity contribution < 1.29 is 27.4 Å². The predicted octanol–water partition coefficient (Wildman–Crippen LogP) is 5.47. The number of ether oxygens (including phenoxy) is 3. The first-order valence-corrected chi connectivity index (χ1v) is 14.3. The van der Waals surface area contributed by atoms with Gasteiger partial charge in [0.25, 0.3) is 15.9 Å². The number of nitrogens with zero attached hydrogens (tertiary/aromatic N) is 1. The summed E-state index contributed by atoms with van der Waals surface area (Å²) in [5.41, 5.74) is 3.07. The molecular formula is C30H27ClN2O6S. The zero-order chi connectivity index (χ0) is 28.1. The minimum Gasteiger partial charge on any atom is -0.484 e. The van der Waals surface area contributed by atoms with E-state index in [2.05, 4.69) is 5.32 Å². The first-order valence-electron chi connectivity index (χ1n) is 12.5. The van der Waals surface area contributed by atoms with E-state index < -0.39 is 10.0 Å². The maximum Gasteiger partial charge on any atom is 0.264 e. The lowest BCUT2D eigenvalue weighted by atomic mass is 10.2. The molecule has 5 rings (SSSR count). The third kappa shape index (κ3) is 6.50. The van der Waals surface area contributed by atoms with Crippen LogP contribution in [0.4, 0.5) is 5.69 Å².